The van der Waals surface area contributed by atoms with Crippen LogP contribution >= 0.6 is 0 Å². The van der Waals surface area contributed by atoms with Crippen LogP contribution in [-0.4, -0.2) is 70.0 Å². The number of aliphatic hydroxyl groups is 1. The third kappa shape index (κ3) is 4.32. The normalized spacial score (nSPS) is 25.4. The maximum Gasteiger partial charge on any atom is 0.263 e. The number of amides is 1. The second kappa shape index (κ2) is 9.32. The molecule has 10 heteroatoms. The van der Waals surface area contributed by atoms with E-state index in [2.05, 4.69) is 4.90 Å². The Bertz CT molecular complexity index is 1280. The van der Waals surface area contributed by atoms with Gasteiger partial charge in [0.15, 0.2) is 9.84 Å². The summed E-state index contributed by atoms with van der Waals surface area (Å²) in [6.45, 7) is 2.37. The van der Waals surface area contributed by atoms with Crippen LogP contribution < -0.4 is 9.64 Å². The fourth-order valence-electron chi connectivity index (χ4n) is 6.15. The van der Waals surface area contributed by atoms with E-state index in [1.807, 2.05) is 0 Å². The molecule has 2 aromatic carbocycles. The number of hydrogen-bond acceptors (Lipinski definition) is 6. The quantitative estimate of drug-likeness (QED) is 0.586. The van der Waals surface area contributed by atoms with Crippen molar-refractivity contribution >= 4 is 21.4 Å². The average Bonchev–Trinajstić information content (AvgIpc) is 3.04. The molecule has 5 rings (SSSR count). The van der Waals surface area contributed by atoms with E-state index < -0.39 is 32.5 Å². The first-order valence-corrected chi connectivity index (χ1v) is 14.4. The summed E-state index contributed by atoms with van der Waals surface area (Å²) in [5.41, 5.74) is 1.27. The zero-order valence-corrected chi connectivity index (χ0v) is 21.8. The summed E-state index contributed by atoms with van der Waals surface area (Å²) in [7, 11) is -1.67. The first kappa shape index (κ1) is 26.1. The van der Waals surface area contributed by atoms with Gasteiger partial charge in [-0.3, -0.25) is 9.69 Å². The Labute approximate surface area is 215 Å². The summed E-state index contributed by atoms with van der Waals surface area (Å²) in [5, 5.41) is 9.74. The van der Waals surface area contributed by atoms with Gasteiger partial charge in [-0.15, -0.1) is 0 Å². The molecule has 2 aromatic rings. The molecule has 0 unspecified atom stereocenters. The van der Waals surface area contributed by atoms with E-state index in [1.165, 1.54) is 18.4 Å². The van der Waals surface area contributed by atoms with Crippen LogP contribution in [0.5, 0.6) is 5.75 Å². The molecule has 2 fully saturated rings. The van der Waals surface area contributed by atoms with Crippen LogP contribution in [0.25, 0.3) is 0 Å². The molecule has 0 aromatic heterocycles. The van der Waals surface area contributed by atoms with Crippen molar-refractivity contribution in [1.82, 2.24) is 4.90 Å². The second-order valence-corrected chi connectivity index (χ2v) is 12.9. The van der Waals surface area contributed by atoms with Crippen molar-refractivity contribution in [3.63, 3.8) is 0 Å². The fraction of sp³-hybridized carbons (Fsp3) is 0.519. The minimum Gasteiger partial charge on any atom is -0.492 e. The smallest absolute Gasteiger partial charge is 0.263 e. The SMILES string of the molecule is CN1C(=O)C2(CCN(CCOc3ccc(C4(S(C)(=O)=O)CC(O)C4)cc3)CC2)c2cc(C(F)F)ccc21. The highest BCUT2D eigenvalue weighted by molar-refractivity contribution is 7.91. The van der Waals surface area contributed by atoms with Crippen LogP contribution in [0.1, 0.15) is 48.8 Å². The first-order chi connectivity index (χ1) is 17.5. The lowest BCUT2D eigenvalue weighted by Gasteiger charge is -2.44. The number of hydrogen-bond donors (Lipinski definition) is 1. The lowest BCUT2D eigenvalue weighted by molar-refractivity contribution is -0.124. The molecule has 1 amide bonds. The molecule has 1 N–H and O–H groups in total. The van der Waals surface area contributed by atoms with E-state index in [0.29, 0.717) is 61.6 Å². The summed E-state index contributed by atoms with van der Waals surface area (Å²) in [6, 6.07) is 11.5. The number of fused-ring (bicyclic) bond motifs is 2. The molecule has 200 valence electrons. The Morgan fingerprint density at radius 1 is 1.11 bits per heavy atom. The number of carbonyl (C=O) groups excluding carboxylic acids is 1. The van der Waals surface area contributed by atoms with Crippen molar-refractivity contribution in [2.24, 2.45) is 0 Å². The Balaban J connectivity index is 1.18. The summed E-state index contributed by atoms with van der Waals surface area (Å²) >= 11 is 0. The van der Waals surface area contributed by atoms with Crippen molar-refractivity contribution in [3.8, 4) is 5.75 Å². The van der Waals surface area contributed by atoms with Crippen LogP contribution in [0.2, 0.25) is 0 Å². The molecule has 0 radical (unpaired) electrons. The van der Waals surface area contributed by atoms with E-state index in [1.54, 1.807) is 42.3 Å². The van der Waals surface area contributed by atoms with E-state index >= 15 is 0 Å². The number of sulfone groups is 1. The number of alkyl halides is 2. The van der Waals surface area contributed by atoms with Gasteiger partial charge in [-0.05, 0) is 74.2 Å². The van der Waals surface area contributed by atoms with Gasteiger partial charge < -0.3 is 14.7 Å². The second-order valence-electron chi connectivity index (χ2n) is 10.6. The number of rotatable bonds is 7. The van der Waals surface area contributed by atoms with Crippen molar-refractivity contribution < 1.29 is 31.8 Å². The monoisotopic (exact) mass is 534 g/mol. The molecule has 2 heterocycles. The Morgan fingerprint density at radius 2 is 1.76 bits per heavy atom. The minimum atomic E-state index is -3.37. The van der Waals surface area contributed by atoms with Crippen LogP contribution in [0.4, 0.5) is 14.5 Å². The molecule has 3 aliphatic rings. The minimum absolute atomic E-state index is 0.0317. The summed E-state index contributed by atoms with van der Waals surface area (Å²) in [5.74, 6) is 0.595. The summed E-state index contributed by atoms with van der Waals surface area (Å²) < 4.78 is 56.2. The van der Waals surface area contributed by atoms with Crippen LogP contribution in [-0.2, 0) is 24.8 Å². The third-order valence-electron chi connectivity index (χ3n) is 8.47. The molecular weight excluding hydrogens is 502 g/mol. The Kier molecular flexibility index (Phi) is 6.57. The molecule has 1 aliphatic carbocycles. The van der Waals surface area contributed by atoms with E-state index in [0.717, 1.165) is 0 Å². The van der Waals surface area contributed by atoms with Crippen molar-refractivity contribution in [2.45, 2.75) is 48.4 Å². The summed E-state index contributed by atoms with van der Waals surface area (Å²) in [6.07, 6.45) is -0.447. The number of anilines is 1. The number of carbonyl (C=O) groups is 1. The van der Waals surface area contributed by atoms with Crippen molar-refractivity contribution in [1.29, 1.82) is 0 Å². The molecule has 1 saturated heterocycles. The maximum atomic E-state index is 13.3. The Morgan fingerprint density at radius 3 is 2.32 bits per heavy atom. The van der Waals surface area contributed by atoms with Gasteiger partial charge in [0, 0.05) is 31.1 Å². The third-order valence-corrected chi connectivity index (χ3v) is 10.5. The predicted molar refractivity (Wildman–Crippen MR) is 136 cm³/mol. The van der Waals surface area contributed by atoms with Crippen LogP contribution in [0, 0.1) is 0 Å². The molecular formula is C27H32F2N2O5S. The first-order valence-electron chi connectivity index (χ1n) is 12.5. The van der Waals surface area contributed by atoms with Crippen LogP contribution in [0.3, 0.4) is 0 Å². The van der Waals surface area contributed by atoms with Gasteiger partial charge in [-0.2, -0.15) is 0 Å². The van der Waals surface area contributed by atoms with Gasteiger partial charge in [0.05, 0.1) is 11.5 Å². The lowest BCUT2D eigenvalue weighted by atomic mass is 9.73. The van der Waals surface area contributed by atoms with Gasteiger partial charge in [-0.1, -0.05) is 18.2 Å². The molecule has 1 saturated carbocycles. The zero-order valence-electron chi connectivity index (χ0n) is 21.0. The summed E-state index contributed by atoms with van der Waals surface area (Å²) in [4.78, 5) is 17.0. The number of halogens is 2. The Hall–Kier alpha value is -2.56. The highest BCUT2D eigenvalue weighted by atomic mass is 32.2. The fourth-order valence-corrected chi connectivity index (χ4v) is 7.71. The van der Waals surface area contributed by atoms with E-state index in [4.69, 9.17) is 4.74 Å². The average molecular weight is 535 g/mol. The standard InChI is InChI=1S/C27H32F2N2O5S/c1-30-23-8-3-18(24(28)29)15-22(23)26(25(30)33)9-11-31(12-10-26)13-14-36-21-6-4-19(5-7-21)27(37(2,34)35)16-20(32)17-27/h3-8,15,20,24,32H,9-14,16-17H2,1-2H3. The van der Waals surface area contributed by atoms with Gasteiger partial charge in [-0.25, -0.2) is 17.2 Å². The lowest BCUT2D eigenvalue weighted by Crippen LogP contribution is -2.50. The zero-order chi connectivity index (χ0) is 26.6. The number of benzene rings is 2. The number of likely N-dealkylation sites (tertiary alicyclic amines) is 1. The number of nitrogens with zero attached hydrogens (tertiary/aromatic N) is 2. The predicted octanol–water partition coefficient (Wildman–Crippen LogP) is 3.41. The van der Waals surface area contributed by atoms with Crippen molar-refractivity contribution in [2.75, 3.05) is 44.4 Å². The maximum absolute atomic E-state index is 13.3. The highest BCUT2D eigenvalue weighted by Crippen LogP contribution is 2.49. The molecule has 7 nitrogen and oxygen atoms in total. The van der Waals surface area contributed by atoms with Crippen molar-refractivity contribution in [3.05, 3.63) is 59.2 Å². The molecule has 37 heavy (non-hydrogen) atoms. The van der Waals surface area contributed by atoms with Crippen LogP contribution in [0.15, 0.2) is 42.5 Å². The molecule has 0 atom stereocenters. The van der Waals surface area contributed by atoms with Gasteiger partial charge in [0.1, 0.15) is 17.1 Å². The van der Waals surface area contributed by atoms with Gasteiger partial charge in [0.25, 0.3) is 6.43 Å². The largest absolute Gasteiger partial charge is 0.492 e. The number of ether oxygens (including phenoxy) is 1. The van der Waals surface area contributed by atoms with E-state index in [-0.39, 0.29) is 24.3 Å². The number of likely N-dealkylation sites (N-methyl/N-ethyl adjacent to an activating group) is 1. The number of aliphatic hydroxyl groups excluding tert-OH is 1. The molecule has 1 spiro atoms. The van der Waals surface area contributed by atoms with E-state index in [9.17, 15) is 27.1 Å². The van der Waals surface area contributed by atoms with Gasteiger partial charge in [0.2, 0.25) is 5.91 Å². The number of piperidine rings is 1. The molecule has 0 bridgehead atoms. The topological polar surface area (TPSA) is 87.2 Å². The van der Waals surface area contributed by atoms with Gasteiger partial charge >= 0.3 is 0 Å². The highest BCUT2D eigenvalue weighted by Gasteiger charge is 2.53. The molecule has 2 aliphatic heterocycles.